The maximum Gasteiger partial charge on any atom is 0.321 e. The quantitative estimate of drug-likeness (QED) is 0.857. The summed E-state index contributed by atoms with van der Waals surface area (Å²) in [6.07, 6.45) is 3.11. The highest BCUT2D eigenvalue weighted by Crippen LogP contribution is 2.16. The number of urea groups is 1. The van der Waals surface area contributed by atoms with Gasteiger partial charge in [0.2, 0.25) is 0 Å². The predicted octanol–water partition coefficient (Wildman–Crippen LogP) is 1.94. The number of primary amides is 1. The molecule has 0 atom stereocenters. The van der Waals surface area contributed by atoms with Gasteiger partial charge in [-0.3, -0.25) is 4.79 Å². The SMILES string of the molecule is NC(=O)c1ccc(NC(=O)N2CCCCC2)cc1F. The molecule has 0 aliphatic carbocycles. The molecule has 6 heteroatoms. The van der Waals surface area contributed by atoms with Crippen molar-refractivity contribution in [3.05, 3.63) is 29.6 Å². The zero-order chi connectivity index (χ0) is 13.8. The zero-order valence-corrected chi connectivity index (χ0v) is 10.5. The lowest BCUT2D eigenvalue weighted by atomic mass is 10.1. The molecule has 0 aromatic heterocycles. The minimum atomic E-state index is -0.827. The van der Waals surface area contributed by atoms with Crippen LogP contribution < -0.4 is 11.1 Å². The van der Waals surface area contributed by atoms with Crippen molar-refractivity contribution in [2.24, 2.45) is 5.73 Å². The molecule has 0 unspecified atom stereocenters. The highest BCUT2D eigenvalue weighted by Gasteiger charge is 2.17. The zero-order valence-electron chi connectivity index (χ0n) is 10.5. The molecule has 19 heavy (non-hydrogen) atoms. The first-order valence-corrected chi connectivity index (χ1v) is 6.23. The Morgan fingerprint density at radius 2 is 1.89 bits per heavy atom. The van der Waals surface area contributed by atoms with Gasteiger partial charge in [-0.15, -0.1) is 0 Å². The molecular formula is C13H16FN3O2. The maximum atomic E-state index is 13.5. The van der Waals surface area contributed by atoms with Gasteiger partial charge in [0.25, 0.3) is 5.91 Å². The maximum absolute atomic E-state index is 13.5. The van der Waals surface area contributed by atoms with Crippen LogP contribution in [0.5, 0.6) is 0 Å². The average molecular weight is 265 g/mol. The van der Waals surface area contributed by atoms with Crippen molar-refractivity contribution in [3.8, 4) is 0 Å². The molecule has 1 aliphatic heterocycles. The number of benzene rings is 1. The number of carbonyl (C=O) groups excluding carboxylic acids is 2. The molecule has 0 saturated carbocycles. The molecule has 1 aromatic carbocycles. The van der Waals surface area contributed by atoms with Gasteiger partial charge in [-0.05, 0) is 37.5 Å². The summed E-state index contributed by atoms with van der Waals surface area (Å²) in [6.45, 7) is 1.43. The Morgan fingerprint density at radius 1 is 1.21 bits per heavy atom. The van der Waals surface area contributed by atoms with Crippen molar-refractivity contribution < 1.29 is 14.0 Å². The van der Waals surface area contributed by atoms with Crippen LogP contribution in [0.3, 0.4) is 0 Å². The summed E-state index contributed by atoms with van der Waals surface area (Å²) in [5.74, 6) is -1.56. The number of piperidine rings is 1. The van der Waals surface area contributed by atoms with Crippen LogP contribution in [0.25, 0.3) is 0 Å². The van der Waals surface area contributed by atoms with Crippen LogP contribution in [0, 0.1) is 5.82 Å². The van der Waals surface area contributed by atoms with Crippen molar-refractivity contribution in [2.45, 2.75) is 19.3 Å². The number of nitrogens with zero attached hydrogens (tertiary/aromatic N) is 1. The van der Waals surface area contributed by atoms with Crippen LogP contribution in [-0.2, 0) is 0 Å². The fourth-order valence-electron chi connectivity index (χ4n) is 2.09. The third-order valence-corrected chi connectivity index (χ3v) is 3.13. The third kappa shape index (κ3) is 3.21. The largest absolute Gasteiger partial charge is 0.366 e. The fourth-order valence-corrected chi connectivity index (χ4v) is 2.09. The number of likely N-dealkylation sites (tertiary alicyclic amines) is 1. The van der Waals surface area contributed by atoms with E-state index in [1.54, 1.807) is 4.90 Å². The second-order valence-electron chi connectivity index (χ2n) is 4.54. The summed E-state index contributed by atoms with van der Waals surface area (Å²) in [5, 5.41) is 2.61. The Kier molecular flexibility index (Phi) is 3.99. The van der Waals surface area contributed by atoms with E-state index in [9.17, 15) is 14.0 Å². The minimum absolute atomic E-state index is 0.184. The van der Waals surface area contributed by atoms with E-state index in [1.807, 2.05) is 0 Å². The van der Waals surface area contributed by atoms with Crippen molar-refractivity contribution in [1.82, 2.24) is 4.90 Å². The summed E-state index contributed by atoms with van der Waals surface area (Å²) >= 11 is 0. The first-order chi connectivity index (χ1) is 9.08. The van der Waals surface area contributed by atoms with E-state index in [-0.39, 0.29) is 11.6 Å². The van der Waals surface area contributed by atoms with E-state index < -0.39 is 11.7 Å². The lowest BCUT2D eigenvalue weighted by Gasteiger charge is -2.26. The number of nitrogens with two attached hydrogens (primary N) is 1. The number of anilines is 1. The lowest BCUT2D eigenvalue weighted by Crippen LogP contribution is -2.38. The van der Waals surface area contributed by atoms with Crippen molar-refractivity contribution in [3.63, 3.8) is 0 Å². The van der Waals surface area contributed by atoms with Gasteiger partial charge in [0.05, 0.1) is 5.56 Å². The van der Waals surface area contributed by atoms with Gasteiger partial charge in [-0.2, -0.15) is 0 Å². The number of amides is 3. The van der Waals surface area contributed by atoms with Gasteiger partial charge in [0.1, 0.15) is 5.82 Å². The normalized spacial score (nSPS) is 15.1. The summed E-state index contributed by atoms with van der Waals surface area (Å²) < 4.78 is 13.5. The number of rotatable bonds is 2. The smallest absolute Gasteiger partial charge is 0.321 e. The van der Waals surface area contributed by atoms with Crippen LogP contribution in [-0.4, -0.2) is 29.9 Å². The van der Waals surface area contributed by atoms with Crippen LogP contribution in [0.15, 0.2) is 18.2 Å². The van der Waals surface area contributed by atoms with Crippen LogP contribution >= 0.6 is 0 Å². The first-order valence-electron chi connectivity index (χ1n) is 6.23. The van der Waals surface area contributed by atoms with Crippen LogP contribution in [0.1, 0.15) is 29.6 Å². The molecule has 0 radical (unpaired) electrons. The lowest BCUT2D eigenvalue weighted by molar-refractivity contribution is 0.0996. The summed E-state index contributed by atoms with van der Waals surface area (Å²) in [5.41, 5.74) is 5.14. The summed E-state index contributed by atoms with van der Waals surface area (Å²) in [7, 11) is 0. The van der Waals surface area contributed by atoms with Crippen LogP contribution in [0.2, 0.25) is 0 Å². The molecule has 2 rings (SSSR count). The van der Waals surface area contributed by atoms with E-state index in [2.05, 4.69) is 5.32 Å². The van der Waals surface area contributed by atoms with Gasteiger partial charge < -0.3 is 16.0 Å². The van der Waals surface area contributed by atoms with E-state index in [4.69, 9.17) is 5.73 Å². The molecular weight excluding hydrogens is 249 g/mol. The number of hydrogen-bond acceptors (Lipinski definition) is 2. The highest BCUT2D eigenvalue weighted by atomic mass is 19.1. The second-order valence-corrected chi connectivity index (χ2v) is 4.54. The Balaban J connectivity index is 2.04. The number of halogens is 1. The molecule has 1 fully saturated rings. The molecule has 1 aliphatic rings. The highest BCUT2D eigenvalue weighted by molar-refractivity contribution is 5.94. The standard InChI is InChI=1S/C13H16FN3O2/c14-11-8-9(4-5-10(11)12(15)18)16-13(19)17-6-2-1-3-7-17/h4-5,8H,1-3,6-7H2,(H2,15,18)(H,16,19). The molecule has 1 saturated heterocycles. The van der Waals surface area contributed by atoms with Crippen molar-refractivity contribution in [1.29, 1.82) is 0 Å². The van der Waals surface area contributed by atoms with E-state index in [0.717, 1.165) is 25.3 Å². The molecule has 5 nitrogen and oxygen atoms in total. The predicted molar refractivity (Wildman–Crippen MR) is 69.4 cm³/mol. The Hall–Kier alpha value is -2.11. The van der Waals surface area contributed by atoms with Gasteiger partial charge in [-0.25, -0.2) is 9.18 Å². The van der Waals surface area contributed by atoms with Crippen molar-refractivity contribution in [2.75, 3.05) is 18.4 Å². The Morgan fingerprint density at radius 3 is 2.47 bits per heavy atom. The van der Waals surface area contributed by atoms with Gasteiger partial charge in [0, 0.05) is 18.8 Å². The van der Waals surface area contributed by atoms with Crippen molar-refractivity contribution >= 4 is 17.6 Å². The summed E-state index contributed by atoms with van der Waals surface area (Å²) in [6, 6.07) is 3.59. The fraction of sp³-hybridized carbons (Fsp3) is 0.385. The molecule has 3 amide bonds. The molecule has 0 bridgehead atoms. The summed E-state index contributed by atoms with van der Waals surface area (Å²) in [4.78, 5) is 24.5. The Bertz CT molecular complexity index is 499. The number of hydrogen-bond donors (Lipinski definition) is 2. The monoisotopic (exact) mass is 265 g/mol. The number of nitrogens with one attached hydrogen (secondary N) is 1. The minimum Gasteiger partial charge on any atom is -0.366 e. The molecule has 1 aromatic rings. The van der Waals surface area contributed by atoms with E-state index in [1.165, 1.54) is 12.1 Å². The van der Waals surface area contributed by atoms with E-state index in [0.29, 0.717) is 18.8 Å². The van der Waals surface area contributed by atoms with Gasteiger partial charge in [0.15, 0.2) is 0 Å². The molecule has 0 spiro atoms. The molecule has 3 N–H and O–H groups in total. The first kappa shape index (κ1) is 13.3. The Labute approximate surface area is 110 Å². The topological polar surface area (TPSA) is 75.4 Å². The number of carbonyl (C=O) groups is 2. The molecule has 1 heterocycles. The van der Waals surface area contributed by atoms with E-state index >= 15 is 0 Å². The van der Waals surface area contributed by atoms with Gasteiger partial charge >= 0.3 is 6.03 Å². The third-order valence-electron chi connectivity index (χ3n) is 3.13. The molecule has 102 valence electrons. The second kappa shape index (κ2) is 5.69. The van der Waals surface area contributed by atoms with Gasteiger partial charge in [-0.1, -0.05) is 0 Å². The average Bonchev–Trinajstić information content (AvgIpc) is 2.39. The van der Waals surface area contributed by atoms with Crippen LogP contribution in [0.4, 0.5) is 14.9 Å².